The van der Waals surface area contributed by atoms with E-state index in [0.29, 0.717) is 5.56 Å². The highest BCUT2D eigenvalue weighted by Gasteiger charge is 2.45. The van der Waals surface area contributed by atoms with E-state index in [9.17, 15) is 25.0 Å². The molecule has 1 unspecified atom stereocenters. The molecule has 1 aliphatic rings. The molecule has 0 spiro atoms. The highest BCUT2D eigenvalue weighted by Crippen LogP contribution is 2.48. The van der Waals surface area contributed by atoms with Crippen LogP contribution >= 0.6 is 15.9 Å². The predicted octanol–water partition coefficient (Wildman–Crippen LogP) is 3.26. The number of nitriles is 1. The molecule has 0 amide bonds. The molecule has 0 aliphatic carbocycles. The molecule has 0 aromatic heterocycles. The van der Waals surface area contributed by atoms with E-state index < -0.39 is 34.2 Å². The van der Waals surface area contributed by atoms with Crippen LogP contribution in [0.4, 0.5) is 11.4 Å². The van der Waals surface area contributed by atoms with Crippen LogP contribution in [0.25, 0.3) is 0 Å². The first-order valence-corrected chi connectivity index (χ1v) is 10.7. The number of anilines is 1. The first-order chi connectivity index (χ1) is 16.7. The Morgan fingerprint density at radius 3 is 2.29 bits per heavy atom. The number of nitro benzene ring substituents is 1. The second kappa shape index (κ2) is 10.3. The van der Waals surface area contributed by atoms with Crippen molar-refractivity contribution in [2.24, 2.45) is 5.73 Å². The normalized spacial score (nSPS) is 15.4. The van der Waals surface area contributed by atoms with Crippen LogP contribution in [-0.4, -0.2) is 38.2 Å². The number of benzene rings is 2. The molecule has 2 aromatic rings. The molecule has 0 radical (unpaired) electrons. The van der Waals surface area contributed by atoms with Gasteiger partial charge in [-0.1, -0.05) is 30.3 Å². The molecule has 2 N–H and O–H groups in total. The number of carbonyl (C=O) groups excluding carboxylic acids is 2. The number of nitro groups is 1. The van der Waals surface area contributed by atoms with Gasteiger partial charge in [0, 0.05) is 0 Å². The average molecular weight is 543 g/mol. The number of halogens is 1. The van der Waals surface area contributed by atoms with Crippen molar-refractivity contribution in [1.82, 2.24) is 0 Å². The van der Waals surface area contributed by atoms with E-state index in [1.807, 2.05) is 6.07 Å². The van der Waals surface area contributed by atoms with E-state index in [1.54, 1.807) is 30.3 Å². The summed E-state index contributed by atoms with van der Waals surface area (Å²) in [6.07, 6.45) is 0. The van der Waals surface area contributed by atoms with Crippen LogP contribution in [0.1, 0.15) is 11.5 Å². The van der Waals surface area contributed by atoms with Crippen molar-refractivity contribution in [2.75, 3.05) is 26.2 Å². The van der Waals surface area contributed by atoms with Gasteiger partial charge in [0.05, 0.1) is 59.9 Å². The molecule has 0 saturated carbocycles. The van der Waals surface area contributed by atoms with Crippen molar-refractivity contribution in [1.29, 1.82) is 5.26 Å². The number of methoxy groups -OCH3 is 3. The summed E-state index contributed by atoms with van der Waals surface area (Å²) in [6.45, 7) is 0. The van der Waals surface area contributed by atoms with Gasteiger partial charge in [0.2, 0.25) is 0 Å². The van der Waals surface area contributed by atoms with Gasteiger partial charge in [0.15, 0.2) is 0 Å². The lowest BCUT2D eigenvalue weighted by atomic mass is 9.81. The van der Waals surface area contributed by atoms with Gasteiger partial charge >= 0.3 is 11.9 Å². The summed E-state index contributed by atoms with van der Waals surface area (Å²) in [5.74, 6) is -3.23. The summed E-state index contributed by atoms with van der Waals surface area (Å²) in [4.78, 5) is 38.4. The summed E-state index contributed by atoms with van der Waals surface area (Å²) in [6, 6.07) is 12.9. The van der Waals surface area contributed by atoms with Gasteiger partial charge in [0.25, 0.3) is 5.69 Å². The van der Waals surface area contributed by atoms with Crippen LogP contribution in [0.15, 0.2) is 69.6 Å². The van der Waals surface area contributed by atoms with Gasteiger partial charge < -0.3 is 19.9 Å². The first-order valence-electron chi connectivity index (χ1n) is 9.89. The van der Waals surface area contributed by atoms with E-state index in [2.05, 4.69) is 15.9 Å². The van der Waals surface area contributed by atoms with Crippen molar-refractivity contribution in [3.63, 3.8) is 0 Å². The summed E-state index contributed by atoms with van der Waals surface area (Å²) >= 11 is 3.27. The SMILES string of the molecule is COC(=O)C1=C(C(=O)OC)N(c2c(Br)cc(OC)cc2[N+](=O)[O-])C(N)=C(C#N)C1c1ccccc1. The standard InChI is InChI=1S/C23H19BrN4O7/c1-33-13-9-15(24)19(16(10-13)28(31)32)27-20(23(30)35-3)18(22(29)34-2)17(14(11-25)21(27)26)12-7-5-4-6-8-12/h4-10,17H,26H2,1-3H3. The van der Waals surface area contributed by atoms with Crippen LogP contribution in [0, 0.1) is 21.4 Å². The minimum absolute atomic E-state index is 0.104. The molecule has 0 saturated heterocycles. The van der Waals surface area contributed by atoms with Crippen LogP contribution in [-0.2, 0) is 19.1 Å². The zero-order valence-corrected chi connectivity index (χ0v) is 20.4. The number of esters is 2. The maximum atomic E-state index is 13.1. The highest BCUT2D eigenvalue weighted by atomic mass is 79.9. The van der Waals surface area contributed by atoms with Gasteiger partial charge in [-0.25, -0.2) is 9.59 Å². The Bertz CT molecular complexity index is 1320. The smallest absolute Gasteiger partial charge is 0.355 e. The number of rotatable bonds is 6. The molecule has 12 heteroatoms. The lowest BCUT2D eigenvalue weighted by Crippen LogP contribution is -2.41. The van der Waals surface area contributed by atoms with E-state index in [-0.39, 0.29) is 32.9 Å². The molecular weight excluding hydrogens is 524 g/mol. The fourth-order valence-electron chi connectivity index (χ4n) is 3.78. The summed E-state index contributed by atoms with van der Waals surface area (Å²) < 4.78 is 15.1. The minimum Gasteiger partial charge on any atom is -0.496 e. The topological polar surface area (TPSA) is 158 Å². The van der Waals surface area contributed by atoms with Gasteiger partial charge in [-0.15, -0.1) is 0 Å². The lowest BCUT2D eigenvalue weighted by molar-refractivity contribution is -0.384. The molecule has 180 valence electrons. The minimum atomic E-state index is -1.10. The second-order valence-corrected chi connectivity index (χ2v) is 7.92. The summed E-state index contributed by atoms with van der Waals surface area (Å²) in [5.41, 5.74) is 5.32. The number of nitrogens with zero attached hydrogens (tertiary/aromatic N) is 3. The molecule has 35 heavy (non-hydrogen) atoms. The quantitative estimate of drug-likeness (QED) is 0.326. The molecule has 11 nitrogen and oxygen atoms in total. The van der Waals surface area contributed by atoms with Crippen molar-refractivity contribution < 1.29 is 28.7 Å². The molecule has 0 fully saturated rings. The van der Waals surface area contributed by atoms with Crippen molar-refractivity contribution in [2.45, 2.75) is 5.92 Å². The first kappa shape index (κ1) is 25.3. The van der Waals surface area contributed by atoms with Crippen molar-refractivity contribution in [3.05, 3.63) is 85.3 Å². The van der Waals surface area contributed by atoms with Crippen molar-refractivity contribution >= 4 is 39.2 Å². The number of ether oxygens (including phenoxy) is 3. The molecule has 1 aliphatic heterocycles. The van der Waals surface area contributed by atoms with E-state index in [1.165, 1.54) is 13.2 Å². The van der Waals surface area contributed by atoms with E-state index >= 15 is 0 Å². The number of hydrogen-bond donors (Lipinski definition) is 1. The number of allylic oxidation sites excluding steroid dienone is 1. The zero-order valence-electron chi connectivity index (χ0n) is 18.8. The number of carbonyl (C=O) groups is 2. The Labute approximate surface area is 208 Å². The largest absolute Gasteiger partial charge is 0.496 e. The number of nitrogens with two attached hydrogens (primary N) is 1. The Morgan fingerprint density at radius 1 is 1.14 bits per heavy atom. The molecule has 3 rings (SSSR count). The maximum absolute atomic E-state index is 13.1. The molecule has 2 aromatic carbocycles. The van der Waals surface area contributed by atoms with Crippen LogP contribution < -0.4 is 15.4 Å². The fourth-order valence-corrected chi connectivity index (χ4v) is 4.39. The molecular formula is C23H19BrN4O7. The monoisotopic (exact) mass is 542 g/mol. The fraction of sp³-hybridized carbons (Fsp3) is 0.174. The second-order valence-electron chi connectivity index (χ2n) is 7.07. The molecule has 0 bridgehead atoms. The molecule has 1 atom stereocenters. The third kappa shape index (κ3) is 4.41. The third-order valence-corrected chi connectivity index (χ3v) is 5.89. The Morgan fingerprint density at radius 2 is 1.77 bits per heavy atom. The summed E-state index contributed by atoms with van der Waals surface area (Å²) in [5, 5.41) is 22.1. The van der Waals surface area contributed by atoms with Gasteiger partial charge in [-0.3, -0.25) is 15.0 Å². The summed E-state index contributed by atoms with van der Waals surface area (Å²) in [7, 11) is 3.51. The average Bonchev–Trinajstić information content (AvgIpc) is 2.87. The lowest BCUT2D eigenvalue weighted by Gasteiger charge is -2.36. The maximum Gasteiger partial charge on any atom is 0.355 e. The Kier molecular flexibility index (Phi) is 7.41. The zero-order chi connectivity index (χ0) is 25.9. The van der Waals surface area contributed by atoms with Crippen LogP contribution in [0.2, 0.25) is 0 Å². The van der Waals surface area contributed by atoms with Gasteiger partial charge in [0.1, 0.15) is 23.0 Å². The third-order valence-electron chi connectivity index (χ3n) is 5.28. The van der Waals surface area contributed by atoms with Crippen LogP contribution in [0.5, 0.6) is 5.75 Å². The molecule has 1 heterocycles. The van der Waals surface area contributed by atoms with Crippen molar-refractivity contribution in [3.8, 4) is 11.8 Å². The predicted molar refractivity (Wildman–Crippen MR) is 127 cm³/mol. The van der Waals surface area contributed by atoms with Gasteiger partial charge in [-0.2, -0.15) is 5.26 Å². The van der Waals surface area contributed by atoms with Gasteiger partial charge in [-0.05, 0) is 27.6 Å². The van der Waals surface area contributed by atoms with E-state index in [4.69, 9.17) is 19.9 Å². The number of hydrogen-bond acceptors (Lipinski definition) is 10. The van der Waals surface area contributed by atoms with Crippen LogP contribution in [0.3, 0.4) is 0 Å². The highest BCUT2D eigenvalue weighted by molar-refractivity contribution is 9.10. The Balaban J connectivity index is 2.52. The Hall–Kier alpha value is -4.37. The van der Waals surface area contributed by atoms with E-state index in [0.717, 1.165) is 25.2 Å².